The monoisotopic (exact) mass is 258 g/mol. The molecule has 0 unspecified atom stereocenters. The van der Waals surface area contributed by atoms with Crippen LogP contribution in [0.1, 0.15) is 58.8 Å². The van der Waals surface area contributed by atoms with Gasteiger partial charge in [-0.3, -0.25) is 0 Å². The predicted molar refractivity (Wildman–Crippen MR) is 76.5 cm³/mol. The highest BCUT2D eigenvalue weighted by molar-refractivity contribution is 5.70. The van der Waals surface area contributed by atoms with Gasteiger partial charge in [0.15, 0.2) is 6.54 Å². The van der Waals surface area contributed by atoms with E-state index in [4.69, 9.17) is 4.74 Å². The Labute approximate surface area is 113 Å². The second-order valence-corrected chi connectivity index (χ2v) is 5.81. The van der Waals surface area contributed by atoms with Gasteiger partial charge in [-0.1, -0.05) is 39.5 Å². The van der Waals surface area contributed by atoms with Crippen LogP contribution in [0.2, 0.25) is 0 Å². The molecule has 0 saturated heterocycles. The van der Waals surface area contributed by atoms with Crippen molar-refractivity contribution < 1.29 is 14.0 Å². The van der Waals surface area contributed by atoms with E-state index in [2.05, 4.69) is 21.0 Å². The van der Waals surface area contributed by atoms with Gasteiger partial charge in [-0.2, -0.15) is 0 Å². The van der Waals surface area contributed by atoms with Gasteiger partial charge in [0.2, 0.25) is 0 Å². The Balaban J connectivity index is 3.62. The summed E-state index contributed by atoms with van der Waals surface area (Å²) in [6.07, 6.45) is 8.71. The summed E-state index contributed by atoms with van der Waals surface area (Å²) in [4.78, 5) is 11.6. The van der Waals surface area contributed by atoms with E-state index in [0.717, 1.165) is 17.4 Å². The van der Waals surface area contributed by atoms with E-state index >= 15 is 0 Å². The third kappa shape index (κ3) is 10.6. The molecule has 108 valence electrons. The van der Waals surface area contributed by atoms with Crippen LogP contribution in [0, 0.1) is 0 Å². The van der Waals surface area contributed by atoms with Gasteiger partial charge < -0.3 is 9.22 Å². The molecule has 0 aliphatic rings. The maximum atomic E-state index is 11.6. The van der Waals surface area contributed by atoms with Crippen molar-refractivity contribution >= 4 is 5.97 Å². The van der Waals surface area contributed by atoms with Crippen molar-refractivity contribution in [1.82, 2.24) is 0 Å². The van der Waals surface area contributed by atoms with Crippen LogP contribution in [-0.4, -0.2) is 44.2 Å². The Morgan fingerprint density at radius 3 is 2.17 bits per heavy atom. The predicted octanol–water partition coefficient (Wildman–Crippen LogP) is 3.38. The molecule has 0 aliphatic heterocycles. The van der Waals surface area contributed by atoms with Crippen LogP contribution < -0.4 is 0 Å². The first-order valence-electron chi connectivity index (χ1n) is 7.49. The Kier molecular flexibility index (Phi) is 10.0. The van der Waals surface area contributed by atoms with Crippen molar-refractivity contribution in [2.45, 2.75) is 58.8 Å². The zero-order valence-corrected chi connectivity index (χ0v) is 12.8. The van der Waals surface area contributed by atoms with Gasteiger partial charge in [0.25, 0.3) is 0 Å². The summed E-state index contributed by atoms with van der Waals surface area (Å²) in [5.74, 6) is -0.0622. The van der Waals surface area contributed by atoms with Gasteiger partial charge in [0.1, 0.15) is 0 Å². The molecule has 3 heteroatoms. The highest BCUT2D eigenvalue weighted by Crippen LogP contribution is 2.08. The maximum Gasteiger partial charge on any atom is 0.361 e. The number of carbonyl (C=O) groups is 1. The number of esters is 1. The number of nitrogens with zero attached hydrogens (tertiary/aromatic N) is 1. The molecule has 0 N–H and O–H groups in total. The van der Waals surface area contributed by atoms with Crippen LogP contribution in [0.3, 0.4) is 0 Å². The average molecular weight is 258 g/mol. The minimum atomic E-state index is -0.0622. The fraction of sp³-hybridized carbons (Fsp3) is 0.933. The average Bonchev–Trinajstić information content (AvgIpc) is 2.30. The number of rotatable bonds is 11. The van der Waals surface area contributed by atoms with Crippen molar-refractivity contribution in [3.63, 3.8) is 0 Å². The first-order valence-corrected chi connectivity index (χ1v) is 7.49. The van der Waals surface area contributed by atoms with Crippen molar-refractivity contribution in [1.29, 1.82) is 0 Å². The van der Waals surface area contributed by atoms with Crippen LogP contribution in [0.5, 0.6) is 0 Å². The van der Waals surface area contributed by atoms with Crippen LogP contribution in [0.25, 0.3) is 0 Å². The van der Waals surface area contributed by atoms with Crippen LogP contribution in [-0.2, 0) is 9.53 Å². The standard InChI is InChI=1S/C15H32NO2/c1-5-7-8-9-10-11-12-16(3,4)14-15(17)18-13-6-2/h5-14H2,1-4H3/q+1. The zero-order valence-electron chi connectivity index (χ0n) is 12.8. The van der Waals surface area contributed by atoms with Gasteiger partial charge >= 0.3 is 5.97 Å². The number of hydrogen-bond acceptors (Lipinski definition) is 2. The van der Waals surface area contributed by atoms with E-state index in [1.54, 1.807) is 0 Å². The minimum Gasteiger partial charge on any atom is -0.462 e. The normalized spacial score (nSPS) is 11.6. The second-order valence-electron chi connectivity index (χ2n) is 5.81. The lowest BCUT2D eigenvalue weighted by Gasteiger charge is -2.28. The molecule has 0 aromatic carbocycles. The number of unbranched alkanes of at least 4 members (excludes halogenated alkanes) is 5. The van der Waals surface area contributed by atoms with E-state index in [1.165, 1.54) is 38.5 Å². The molecule has 18 heavy (non-hydrogen) atoms. The van der Waals surface area contributed by atoms with Crippen molar-refractivity contribution in [2.75, 3.05) is 33.8 Å². The quantitative estimate of drug-likeness (QED) is 0.323. The van der Waals surface area contributed by atoms with E-state index in [-0.39, 0.29) is 5.97 Å². The molecule has 0 saturated carbocycles. The number of quaternary nitrogens is 1. The molecule has 0 bridgehead atoms. The van der Waals surface area contributed by atoms with Gasteiger partial charge in [-0.05, 0) is 19.3 Å². The minimum absolute atomic E-state index is 0.0622. The molecule has 0 fully saturated rings. The topological polar surface area (TPSA) is 26.3 Å². The van der Waals surface area contributed by atoms with Gasteiger partial charge in [0, 0.05) is 0 Å². The molecule has 3 nitrogen and oxygen atoms in total. The van der Waals surface area contributed by atoms with Crippen molar-refractivity contribution in [3.8, 4) is 0 Å². The smallest absolute Gasteiger partial charge is 0.361 e. The third-order valence-corrected chi connectivity index (χ3v) is 3.14. The lowest BCUT2D eigenvalue weighted by Crippen LogP contribution is -2.45. The number of ether oxygens (including phenoxy) is 1. The fourth-order valence-electron chi connectivity index (χ4n) is 2.01. The highest BCUT2D eigenvalue weighted by atomic mass is 16.5. The number of likely N-dealkylation sites (N-methyl/N-ethyl adjacent to an activating group) is 1. The maximum absolute atomic E-state index is 11.6. The van der Waals surface area contributed by atoms with Crippen LogP contribution >= 0.6 is 0 Å². The fourth-order valence-corrected chi connectivity index (χ4v) is 2.01. The van der Waals surface area contributed by atoms with E-state index in [1.807, 2.05) is 6.92 Å². The molecule has 0 rings (SSSR count). The van der Waals surface area contributed by atoms with Gasteiger partial charge in [0.05, 0.1) is 27.2 Å². The highest BCUT2D eigenvalue weighted by Gasteiger charge is 2.20. The molecule has 0 radical (unpaired) electrons. The van der Waals surface area contributed by atoms with E-state index < -0.39 is 0 Å². The Hall–Kier alpha value is -0.570. The molecule has 0 amide bonds. The Morgan fingerprint density at radius 1 is 0.944 bits per heavy atom. The molecule has 0 aromatic rings. The number of hydrogen-bond donors (Lipinski definition) is 0. The summed E-state index contributed by atoms with van der Waals surface area (Å²) >= 11 is 0. The van der Waals surface area contributed by atoms with Crippen LogP contribution in [0.15, 0.2) is 0 Å². The Bertz CT molecular complexity index is 215. The summed E-state index contributed by atoms with van der Waals surface area (Å²) in [6.45, 7) is 6.36. The first-order chi connectivity index (χ1) is 8.52. The molecule has 0 spiro atoms. The summed E-state index contributed by atoms with van der Waals surface area (Å²) in [5, 5.41) is 0. The number of carbonyl (C=O) groups excluding carboxylic acids is 1. The molecule has 0 aromatic heterocycles. The Morgan fingerprint density at radius 2 is 1.56 bits per heavy atom. The summed E-state index contributed by atoms with van der Waals surface area (Å²) in [6, 6.07) is 0. The van der Waals surface area contributed by atoms with E-state index in [0.29, 0.717) is 13.2 Å². The molecule has 0 atom stereocenters. The molecular formula is C15H32NO2+. The lowest BCUT2D eigenvalue weighted by molar-refractivity contribution is -0.883. The molecule has 0 aliphatic carbocycles. The van der Waals surface area contributed by atoms with Gasteiger partial charge in [-0.25, -0.2) is 4.79 Å². The summed E-state index contributed by atoms with van der Waals surface area (Å²) < 4.78 is 5.88. The lowest BCUT2D eigenvalue weighted by atomic mass is 10.1. The second kappa shape index (κ2) is 10.4. The molecule has 0 heterocycles. The summed E-state index contributed by atoms with van der Waals surface area (Å²) in [5.41, 5.74) is 0. The zero-order chi connectivity index (χ0) is 13.9. The van der Waals surface area contributed by atoms with E-state index in [9.17, 15) is 4.79 Å². The van der Waals surface area contributed by atoms with Gasteiger partial charge in [-0.15, -0.1) is 0 Å². The third-order valence-electron chi connectivity index (χ3n) is 3.14. The SMILES string of the molecule is CCCCCCCC[N+](C)(C)CC(=O)OCCC. The van der Waals surface area contributed by atoms with Crippen LogP contribution in [0.4, 0.5) is 0 Å². The molecular weight excluding hydrogens is 226 g/mol. The largest absolute Gasteiger partial charge is 0.462 e. The summed E-state index contributed by atoms with van der Waals surface area (Å²) in [7, 11) is 4.22. The van der Waals surface area contributed by atoms with Crippen molar-refractivity contribution in [2.24, 2.45) is 0 Å². The van der Waals surface area contributed by atoms with Crippen molar-refractivity contribution in [3.05, 3.63) is 0 Å². The first kappa shape index (κ1) is 17.4.